The number of hydrogen-bond donors (Lipinski definition) is 2. The number of rotatable bonds is 3. The first-order chi connectivity index (χ1) is 9.08. The van der Waals surface area contributed by atoms with Crippen molar-refractivity contribution in [3.63, 3.8) is 0 Å². The van der Waals surface area contributed by atoms with Crippen LogP contribution in [-0.2, 0) is 4.74 Å². The van der Waals surface area contributed by atoms with Gasteiger partial charge in [-0.3, -0.25) is 4.90 Å². The van der Waals surface area contributed by atoms with E-state index in [9.17, 15) is 4.79 Å². The lowest BCUT2D eigenvalue weighted by Gasteiger charge is -2.22. The summed E-state index contributed by atoms with van der Waals surface area (Å²) >= 11 is 0. The lowest BCUT2D eigenvalue weighted by Crippen LogP contribution is -2.22. The van der Waals surface area contributed by atoms with Crippen molar-refractivity contribution in [2.75, 3.05) is 33.0 Å². The zero-order valence-electron chi connectivity index (χ0n) is 11.4. The van der Waals surface area contributed by atoms with Crippen LogP contribution in [0.2, 0.25) is 0 Å². The fourth-order valence-corrected chi connectivity index (χ4v) is 2.84. The summed E-state index contributed by atoms with van der Waals surface area (Å²) in [5, 5.41) is 0. The van der Waals surface area contributed by atoms with Crippen LogP contribution in [0.1, 0.15) is 28.4 Å². The maximum atomic E-state index is 11.9. The van der Waals surface area contributed by atoms with E-state index in [0.29, 0.717) is 23.7 Å². The molecule has 5 nitrogen and oxygen atoms in total. The Morgan fingerprint density at radius 2 is 2.26 bits per heavy atom. The van der Waals surface area contributed by atoms with E-state index in [4.69, 9.17) is 16.2 Å². The minimum Gasteiger partial charge on any atom is -0.465 e. The van der Waals surface area contributed by atoms with Crippen molar-refractivity contribution in [1.29, 1.82) is 0 Å². The smallest absolute Gasteiger partial charge is 0.340 e. The first kappa shape index (κ1) is 13.8. The van der Waals surface area contributed by atoms with E-state index in [0.717, 1.165) is 18.5 Å². The number of carbonyl (C=O) groups is 1. The minimum atomic E-state index is -0.377. The summed E-state index contributed by atoms with van der Waals surface area (Å²) in [7, 11) is 3.42. The molecule has 0 aromatic heterocycles. The van der Waals surface area contributed by atoms with Crippen molar-refractivity contribution in [3.05, 3.63) is 29.3 Å². The van der Waals surface area contributed by atoms with Gasteiger partial charge in [-0.1, -0.05) is 12.1 Å². The van der Waals surface area contributed by atoms with Crippen LogP contribution in [0.4, 0.5) is 5.69 Å². The van der Waals surface area contributed by atoms with E-state index < -0.39 is 0 Å². The van der Waals surface area contributed by atoms with Gasteiger partial charge in [-0.15, -0.1) is 0 Å². The molecule has 0 spiro atoms. The van der Waals surface area contributed by atoms with Gasteiger partial charge in [-0.05, 0) is 37.6 Å². The second-order valence-electron chi connectivity index (χ2n) is 5.10. The topological polar surface area (TPSA) is 81.6 Å². The Labute approximate surface area is 113 Å². The van der Waals surface area contributed by atoms with E-state index in [-0.39, 0.29) is 12.0 Å². The molecule has 1 saturated heterocycles. The third kappa shape index (κ3) is 2.57. The van der Waals surface area contributed by atoms with Crippen LogP contribution in [0, 0.1) is 5.92 Å². The molecule has 5 heteroatoms. The molecule has 2 atom stereocenters. The Balaban J connectivity index is 2.40. The summed E-state index contributed by atoms with van der Waals surface area (Å²) in [5.74, 6) is 0.0830. The number of esters is 1. The Hall–Kier alpha value is -1.59. The first-order valence-electron chi connectivity index (χ1n) is 6.45. The van der Waals surface area contributed by atoms with Crippen LogP contribution < -0.4 is 11.5 Å². The third-order valence-electron chi connectivity index (χ3n) is 3.85. The molecule has 0 aliphatic carbocycles. The Kier molecular flexibility index (Phi) is 4.07. The second kappa shape index (κ2) is 5.59. The lowest BCUT2D eigenvalue weighted by atomic mass is 9.94. The number of methoxy groups -OCH3 is 1. The molecule has 2 rings (SSSR count). The second-order valence-corrected chi connectivity index (χ2v) is 5.10. The van der Waals surface area contributed by atoms with Crippen LogP contribution >= 0.6 is 0 Å². The number of likely N-dealkylation sites (tertiary alicyclic amines) is 1. The van der Waals surface area contributed by atoms with E-state index >= 15 is 0 Å². The summed E-state index contributed by atoms with van der Waals surface area (Å²) in [5.41, 5.74) is 13.6. The highest BCUT2D eigenvalue weighted by molar-refractivity contribution is 5.96. The van der Waals surface area contributed by atoms with Gasteiger partial charge >= 0.3 is 5.97 Å². The molecule has 0 bridgehead atoms. The third-order valence-corrected chi connectivity index (χ3v) is 3.85. The van der Waals surface area contributed by atoms with Crippen LogP contribution in [0.5, 0.6) is 0 Å². The van der Waals surface area contributed by atoms with Crippen molar-refractivity contribution < 1.29 is 9.53 Å². The molecule has 1 aliphatic heterocycles. The number of anilines is 1. The molecular weight excluding hydrogens is 242 g/mol. The quantitative estimate of drug-likeness (QED) is 0.628. The van der Waals surface area contributed by atoms with Gasteiger partial charge in [0.2, 0.25) is 0 Å². The zero-order valence-corrected chi connectivity index (χ0v) is 11.4. The molecule has 104 valence electrons. The number of nitrogens with two attached hydrogens (primary N) is 2. The van der Waals surface area contributed by atoms with Crippen molar-refractivity contribution in [2.24, 2.45) is 11.7 Å². The SMILES string of the molecule is COC(=O)c1c(N)cccc1C1CC(CN)CN1C. The maximum Gasteiger partial charge on any atom is 0.340 e. The number of carbonyl (C=O) groups excluding carboxylic acids is 1. The summed E-state index contributed by atoms with van der Waals surface area (Å²) in [4.78, 5) is 14.1. The standard InChI is InChI=1S/C14H21N3O2/c1-17-8-9(7-15)6-12(17)10-4-3-5-11(16)13(10)14(18)19-2/h3-5,9,12H,6-8,15-16H2,1-2H3. The molecule has 0 saturated carbocycles. The fraction of sp³-hybridized carbons (Fsp3) is 0.500. The van der Waals surface area contributed by atoms with Gasteiger partial charge in [0, 0.05) is 18.3 Å². The summed E-state index contributed by atoms with van der Waals surface area (Å²) in [6.07, 6.45) is 0.945. The van der Waals surface area contributed by atoms with Gasteiger partial charge in [0.25, 0.3) is 0 Å². The summed E-state index contributed by atoms with van der Waals surface area (Å²) in [6.45, 7) is 1.60. The van der Waals surface area contributed by atoms with Crippen LogP contribution in [-0.4, -0.2) is 38.1 Å². The lowest BCUT2D eigenvalue weighted by molar-refractivity contribution is 0.0599. The predicted molar refractivity (Wildman–Crippen MR) is 74.7 cm³/mol. The highest BCUT2D eigenvalue weighted by Gasteiger charge is 2.32. The molecule has 2 unspecified atom stereocenters. The normalized spacial score (nSPS) is 23.5. The predicted octanol–water partition coefficient (Wildman–Crippen LogP) is 1.01. The van der Waals surface area contributed by atoms with Crippen molar-refractivity contribution >= 4 is 11.7 Å². The number of nitrogen functional groups attached to an aromatic ring is 1. The van der Waals surface area contributed by atoms with Crippen LogP contribution in [0.25, 0.3) is 0 Å². The van der Waals surface area contributed by atoms with Crippen molar-refractivity contribution in [3.8, 4) is 0 Å². The van der Waals surface area contributed by atoms with Crippen molar-refractivity contribution in [1.82, 2.24) is 4.90 Å². The maximum absolute atomic E-state index is 11.9. The molecular formula is C14H21N3O2. The molecule has 0 amide bonds. The summed E-state index contributed by atoms with van der Waals surface area (Å²) < 4.78 is 4.84. The Bertz CT molecular complexity index is 476. The van der Waals surface area contributed by atoms with Gasteiger partial charge in [0.1, 0.15) is 0 Å². The molecule has 1 fully saturated rings. The van der Waals surface area contributed by atoms with Gasteiger partial charge in [0.05, 0.1) is 12.7 Å². The van der Waals surface area contributed by atoms with Gasteiger partial charge in [-0.25, -0.2) is 4.79 Å². The van der Waals surface area contributed by atoms with E-state index in [1.165, 1.54) is 7.11 Å². The van der Waals surface area contributed by atoms with Gasteiger partial charge in [0.15, 0.2) is 0 Å². The fourth-order valence-electron chi connectivity index (χ4n) is 2.84. The molecule has 1 aliphatic rings. The molecule has 1 aromatic rings. The summed E-state index contributed by atoms with van der Waals surface area (Å²) in [6, 6.07) is 5.72. The van der Waals surface area contributed by atoms with E-state index in [1.807, 2.05) is 19.2 Å². The van der Waals surface area contributed by atoms with E-state index in [2.05, 4.69) is 4.90 Å². The number of ether oxygens (including phenoxy) is 1. The minimum absolute atomic E-state index is 0.172. The van der Waals surface area contributed by atoms with Crippen LogP contribution in [0.3, 0.4) is 0 Å². The number of hydrogen-bond acceptors (Lipinski definition) is 5. The zero-order chi connectivity index (χ0) is 14.0. The van der Waals surface area contributed by atoms with Gasteiger partial charge in [-0.2, -0.15) is 0 Å². The first-order valence-corrected chi connectivity index (χ1v) is 6.45. The molecule has 19 heavy (non-hydrogen) atoms. The highest BCUT2D eigenvalue weighted by Crippen LogP contribution is 2.37. The molecule has 1 aromatic carbocycles. The average molecular weight is 263 g/mol. The number of nitrogens with zero attached hydrogens (tertiary/aromatic N) is 1. The highest BCUT2D eigenvalue weighted by atomic mass is 16.5. The van der Waals surface area contributed by atoms with Crippen molar-refractivity contribution in [2.45, 2.75) is 12.5 Å². The average Bonchev–Trinajstić information content (AvgIpc) is 2.79. The van der Waals surface area contributed by atoms with Crippen LogP contribution in [0.15, 0.2) is 18.2 Å². The monoisotopic (exact) mass is 263 g/mol. The van der Waals surface area contributed by atoms with Gasteiger partial charge < -0.3 is 16.2 Å². The van der Waals surface area contributed by atoms with E-state index in [1.54, 1.807) is 6.07 Å². The molecule has 0 radical (unpaired) electrons. The largest absolute Gasteiger partial charge is 0.465 e. The Morgan fingerprint density at radius 3 is 2.84 bits per heavy atom. The number of benzene rings is 1. The molecule has 4 N–H and O–H groups in total. The molecule has 1 heterocycles. The Morgan fingerprint density at radius 1 is 1.53 bits per heavy atom.